The largest absolute Gasteiger partial charge is 0.324 e. The number of benzene rings is 4. The van der Waals surface area contributed by atoms with E-state index in [1.807, 2.05) is 30.3 Å². The van der Waals surface area contributed by atoms with E-state index in [0.29, 0.717) is 0 Å². The van der Waals surface area contributed by atoms with Crippen molar-refractivity contribution in [3.05, 3.63) is 165 Å². The highest BCUT2D eigenvalue weighted by Crippen LogP contribution is 2.45. The zero-order chi connectivity index (χ0) is 24.1. The minimum absolute atomic E-state index is 0.111. The van der Waals surface area contributed by atoms with Crippen LogP contribution in [0.1, 0.15) is 27.1 Å². The Kier molecular flexibility index (Phi) is 6.33. The number of thiophene rings is 1. The summed E-state index contributed by atoms with van der Waals surface area (Å²) in [6, 6.07) is 43.1. The Morgan fingerprint density at radius 1 is 0.629 bits per heavy atom. The molecule has 0 amide bonds. The van der Waals surface area contributed by atoms with E-state index in [9.17, 15) is 10.1 Å². The molecule has 0 unspecified atom stereocenters. The number of aliphatic imine (C=N–C) groups is 1. The molecule has 1 heterocycles. The lowest BCUT2D eigenvalue weighted by molar-refractivity contribution is -0.380. The first-order valence-electron chi connectivity index (χ1n) is 11.2. The molecule has 0 atom stereocenters. The van der Waals surface area contributed by atoms with Gasteiger partial charge in [0.05, 0.1) is 20.9 Å². The van der Waals surface area contributed by atoms with Gasteiger partial charge >= 0.3 is 5.00 Å². The summed E-state index contributed by atoms with van der Waals surface area (Å²) in [5, 5.41) is 11.1. The molecule has 0 aliphatic carbocycles. The second kappa shape index (κ2) is 9.87. The summed E-state index contributed by atoms with van der Waals surface area (Å²) in [7, 11) is 0. The van der Waals surface area contributed by atoms with E-state index < -0.39 is 5.41 Å². The normalized spacial score (nSPS) is 11.5. The van der Waals surface area contributed by atoms with Gasteiger partial charge in [0.1, 0.15) is 0 Å². The number of hydrogen-bond donors (Lipinski definition) is 0. The predicted octanol–water partition coefficient (Wildman–Crippen LogP) is 7.79. The molecule has 0 radical (unpaired) electrons. The van der Waals surface area contributed by atoms with Gasteiger partial charge < -0.3 is 0 Å². The van der Waals surface area contributed by atoms with Crippen molar-refractivity contribution in [3.8, 4) is 0 Å². The maximum atomic E-state index is 10.9. The van der Waals surface area contributed by atoms with E-state index in [-0.39, 0.29) is 9.92 Å². The average molecular weight is 475 g/mol. The van der Waals surface area contributed by atoms with Gasteiger partial charge in [-0.1, -0.05) is 114 Å². The van der Waals surface area contributed by atoms with Crippen LogP contribution in [0.2, 0.25) is 0 Å². The van der Waals surface area contributed by atoms with Gasteiger partial charge in [-0.2, -0.15) is 0 Å². The number of rotatable bonds is 7. The molecule has 35 heavy (non-hydrogen) atoms. The van der Waals surface area contributed by atoms with Crippen LogP contribution in [0, 0.1) is 10.1 Å². The molecule has 4 nitrogen and oxygen atoms in total. The smallest absolute Gasteiger partial charge is 0.258 e. The van der Waals surface area contributed by atoms with Crippen molar-refractivity contribution in [3.63, 3.8) is 0 Å². The summed E-state index contributed by atoms with van der Waals surface area (Å²) in [6.45, 7) is 0. The summed E-state index contributed by atoms with van der Waals surface area (Å²) in [6.07, 6.45) is 1.67. The van der Waals surface area contributed by atoms with Crippen LogP contribution < -0.4 is 0 Å². The van der Waals surface area contributed by atoms with Gasteiger partial charge in [0.2, 0.25) is 0 Å². The second-order valence-corrected chi connectivity index (χ2v) is 9.18. The standard InChI is InChI=1S/C30H22N2O2S/c33-32(34)29-21-20-28(35-29)22-31-27-18-16-26(17-19-27)30(23-10-4-1-5-11-23,24-12-6-2-7-13-24)25-14-8-3-9-15-25/h1-22H. The van der Waals surface area contributed by atoms with Crippen molar-refractivity contribution in [1.29, 1.82) is 0 Å². The molecule has 0 N–H and O–H groups in total. The van der Waals surface area contributed by atoms with Crippen molar-refractivity contribution >= 4 is 28.2 Å². The first kappa shape index (κ1) is 22.4. The minimum atomic E-state index is -0.500. The highest BCUT2D eigenvalue weighted by molar-refractivity contribution is 7.16. The van der Waals surface area contributed by atoms with Gasteiger partial charge in [0, 0.05) is 12.3 Å². The second-order valence-electron chi connectivity index (χ2n) is 8.09. The third-order valence-corrected chi connectivity index (χ3v) is 7.03. The summed E-state index contributed by atoms with van der Waals surface area (Å²) in [5.41, 5.74) is 4.96. The molecule has 5 rings (SSSR count). The quantitative estimate of drug-likeness (QED) is 0.105. The highest BCUT2D eigenvalue weighted by Gasteiger charge is 2.38. The topological polar surface area (TPSA) is 55.5 Å². The Morgan fingerprint density at radius 2 is 1.09 bits per heavy atom. The van der Waals surface area contributed by atoms with Crippen LogP contribution in [0.3, 0.4) is 0 Å². The van der Waals surface area contributed by atoms with Crippen molar-refractivity contribution in [2.75, 3.05) is 0 Å². The van der Waals surface area contributed by atoms with Crippen LogP contribution in [-0.4, -0.2) is 11.1 Å². The fourth-order valence-corrected chi connectivity index (χ4v) is 5.20. The van der Waals surface area contributed by atoms with Crippen molar-refractivity contribution in [2.45, 2.75) is 5.41 Å². The van der Waals surface area contributed by atoms with Crippen LogP contribution in [0.25, 0.3) is 0 Å². The molecule has 0 aliphatic rings. The molecule has 1 aromatic heterocycles. The first-order chi connectivity index (χ1) is 17.2. The van der Waals surface area contributed by atoms with Crippen LogP contribution >= 0.6 is 11.3 Å². The SMILES string of the molecule is O=[N+]([O-])c1ccc(C=Nc2ccc(C(c3ccccc3)(c3ccccc3)c3ccccc3)cc2)s1. The Hall–Kier alpha value is -4.35. The van der Waals surface area contributed by atoms with Crippen LogP contribution in [0.15, 0.2) is 132 Å². The number of nitro groups is 1. The Labute approximate surface area is 208 Å². The molecule has 0 fully saturated rings. The number of hydrogen-bond acceptors (Lipinski definition) is 4. The van der Waals surface area contributed by atoms with Gasteiger partial charge in [-0.25, -0.2) is 0 Å². The van der Waals surface area contributed by atoms with E-state index in [4.69, 9.17) is 0 Å². The first-order valence-corrected chi connectivity index (χ1v) is 12.0. The van der Waals surface area contributed by atoms with E-state index in [2.05, 4.69) is 89.9 Å². The van der Waals surface area contributed by atoms with Crippen molar-refractivity contribution in [2.24, 2.45) is 4.99 Å². The molecule has 0 saturated carbocycles. The molecule has 0 saturated heterocycles. The van der Waals surface area contributed by atoms with Gasteiger partial charge in [0.25, 0.3) is 0 Å². The maximum absolute atomic E-state index is 10.9. The third-order valence-electron chi connectivity index (χ3n) is 6.05. The lowest BCUT2D eigenvalue weighted by Crippen LogP contribution is -2.30. The lowest BCUT2D eigenvalue weighted by atomic mass is 9.65. The van der Waals surface area contributed by atoms with E-state index >= 15 is 0 Å². The fraction of sp³-hybridized carbons (Fsp3) is 0.0333. The molecule has 170 valence electrons. The summed E-state index contributed by atoms with van der Waals surface area (Å²) >= 11 is 1.11. The minimum Gasteiger partial charge on any atom is -0.258 e. The van der Waals surface area contributed by atoms with Gasteiger partial charge in [-0.15, -0.1) is 0 Å². The molecule has 0 aliphatic heterocycles. The fourth-order valence-electron chi connectivity index (χ4n) is 4.51. The number of nitrogens with zero attached hydrogens (tertiary/aromatic N) is 2. The van der Waals surface area contributed by atoms with Gasteiger partial charge in [0.15, 0.2) is 0 Å². The lowest BCUT2D eigenvalue weighted by Gasteiger charge is -2.36. The third kappa shape index (κ3) is 4.42. The Bertz CT molecular complexity index is 1350. The molecule has 0 bridgehead atoms. The van der Waals surface area contributed by atoms with E-state index in [0.717, 1.165) is 27.5 Å². The molecule has 0 spiro atoms. The highest BCUT2D eigenvalue weighted by atomic mass is 32.1. The zero-order valence-corrected chi connectivity index (χ0v) is 19.6. The average Bonchev–Trinajstić information content (AvgIpc) is 3.40. The monoisotopic (exact) mass is 474 g/mol. The molecule has 5 heteroatoms. The van der Waals surface area contributed by atoms with Crippen LogP contribution in [-0.2, 0) is 5.41 Å². The summed E-state index contributed by atoms with van der Waals surface area (Å²) in [5.74, 6) is 0. The summed E-state index contributed by atoms with van der Waals surface area (Å²) in [4.78, 5) is 15.9. The predicted molar refractivity (Wildman–Crippen MR) is 143 cm³/mol. The Balaban J connectivity index is 1.62. The van der Waals surface area contributed by atoms with Crippen molar-refractivity contribution in [1.82, 2.24) is 0 Å². The van der Waals surface area contributed by atoms with Gasteiger partial charge in [-0.3, -0.25) is 15.1 Å². The van der Waals surface area contributed by atoms with E-state index in [1.54, 1.807) is 12.3 Å². The zero-order valence-electron chi connectivity index (χ0n) is 18.8. The van der Waals surface area contributed by atoms with Gasteiger partial charge in [-0.05, 0) is 40.5 Å². The van der Waals surface area contributed by atoms with Crippen LogP contribution in [0.4, 0.5) is 10.7 Å². The molecular formula is C30H22N2O2S. The van der Waals surface area contributed by atoms with Crippen molar-refractivity contribution < 1.29 is 4.92 Å². The summed E-state index contributed by atoms with van der Waals surface area (Å²) < 4.78 is 0. The maximum Gasteiger partial charge on any atom is 0.324 e. The Morgan fingerprint density at radius 3 is 1.51 bits per heavy atom. The molecular weight excluding hydrogens is 452 g/mol. The van der Waals surface area contributed by atoms with Crippen LogP contribution in [0.5, 0.6) is 0 Å². The van der Waals surface area contributed by atoms with E-state index in [1.165, 1.54) is 22.8 Å². The molecule has 4 aromatic carbocycles. The molecule has 5 aromatic rings.